The Hall–Kier alpha value is -2.84. The normalized spacial score (nSPS) is 15.9. The lowest BCUT2D eigenvalue weighted by Gasteiger charge is -2.14. The summed E-state index contributed by atoms with van der Waals surface area (Å²) in [6.07, 6.45) is 2.14. The van der Waals surface area contributed by atoms with E-state index in [9.17, 15) is 9.90 Å². The number of carbonyl (C=O) groups is 1. The van der Waals surface area contributed by atoms with Gasteiger partial charge in [0.15, 0.2) is 11.0 Å². The molecule has 2 heterocycles. The van der Waals surface area contributed by atoms with Gasteiger partial charge < -0.3 is 15.2 Å². The van der Waals surface area contributed by atoms with E-state index in [1.165, 1.54) is 11.8 Å². The number of aromatic hydroxyl groups is 1. The Morgan fingerprint density at radius 3 is 2.84 bits per heavy atom. The summed E-state index contributed by atoms with van der Waals surface area (Å²) < 4.78 is 7.46. The molecule has 0 aliphatic carbocycles. The van der Waals surface area contributed by atoms with Crippen LogP contribution in [0.15, 0.2) is 47.6 Å². The molecule has 0 radical (unpaired) electrons. The number of thioether (sulfide) groups is 1. The van der Waals surface area contributed by atoms with Crippen molar-refractivity contribution in [2.45, 2.75) is 37.9 Å². The molecular weight excluding hydrogens is 412 g/mol. The number of nitrogens with one attached hydrogen (secondary N) is 1. The summed E-state index contributed by atoms with van der Waals surface area (Å²) in [6, 6.07) is 13.2. The van der Waals surface area contributed by atoms with Crippen LogP contribution in [0, 0.1) is 13.8 Å². The summed E-state index contributed by atoms with van der Waals surface area (Å²) in [4.78, 5) is 12.4. The van der Waals surface area contributed by atoms with Gasteiger partial charge >= 0.3 is 0 Å². The largest absolute Gasteiger partial charge is 0.507 e. The maximum atomic E-state index is 12.4. The Kier molecular flexibility index (Phi) is 6.58. The number of aryl methyl sites for hydroxylation is 2. The van der Waals surface area contributed by atoms with E-state index in [0.29, 0.717) is 23.1 Å². The van der Waals surface area contributed by atoms with Gasteiger partial charge in [0.05, 0.1) is 23.1 Å². The fourth-order valence-electron chi connectivity index (χ4n) is 3.69. The standard InChI is InChI=1S/C23H26N4O3S/c1-15-9-10-19(16(2)12-15)27-22(18-7-3-4-8-20(18)28)25-26-23(27)31-14-21(29)24-13-17-6-5-11-30-17/h3-4,7-10,12,17,28H,5-6,11,13-14H2,1-2H3,(H,24,29)/t17-/m0/s1. The first-order valence-electron chi connectivity index (χ1n) is 10.4. The fourth-order valence-corrected chi connectivity index (χ4v) is 4.46. The lowest BCUT2D eigenvalue weighted by atomic mass is 10.1. The molecular formula is C23H26N4O3S. The minimum Gasteiger partial charge on any atom is -0.507 e. The SMILES string of the molecule is Cc1ccc(-n2c(SCC(=O)NC[C@@H]3CCCO3)nnc2-c2ccccc2O)c(C)c1. The van der Waals surface area contributed by atoms with Crippen molar-refractivity contribution >= 4 is 17.7 Å². The van der Waals surface area contributed by atoms with Crippen molar-refractivity contribution in [3.63, 3.8) is 0 Å². The van der Waals surface area contributed by atoms with Crippen LogP contribution >= 0.6 is 11.8 Å². The van der Waals surface area contributed by atoms with Gasteiger partial charge in [0, 0.05) is 13.2 Å². The number of hydrogen-bond acceptors (Lipinski definition) is 6. The molecule has 1 fully saturated rings. The Morgan fingerprint density at radius 2 is 2.10 bits per heavy atom. The molecule has 1 atom stereocenters. The van der Waals surface area contributed by atoms with Crippen LogP contribution in [0.3, 0.4) is 0 Å². The van der Waals surface area contributed by atoms with Crippen LogP contribution in [-0.2, 0) is 9.53 Å². The third-order valence-corrected chi connectivity index (χ3v) is 6.18. The van der Waals surface area contributed by atoms with Crippen LogP contribution in [0.4, 0.5) is 0 Å². The van der Waals surface area contributed by atoms with Gasteiger partial charge in [-0.1, -0.05) is 41.6 Å². The van der Waals surface area contributed by atoms with E-state index < -0.39 is 0 Å². The second kappa shape index (κ2) is 9.53. The quantitative estimate of drug-likeness (QED) is 0.548. The molecule has 4 rings (SSSR count). The van der Waals surface area contributed by atoms with Crippen LogP contribution in [0.25, 0.3) is 17.1 Å². The Labute approximate surface area is 185 Å². The van der Waals surface area contributed by atoms with Gasteiger partial charge in [0.1, 0.15) is 5.75 Å². The van der Waals surface area contributed by atoms with Gasteiger partial charge in [0.25, 0.3) is 0 Å². The summed E-state index contributed by atoms with van der Waals surface area (Å²) in [7, 11) is 0. The molecule has 0 saturated carbocycles. The minimum absolute atomic E-state index is 0.0696. The highest BCUT2D eigenvalue weighted by Gasteiger charge is 2.21. The number of nitrogens with zero attached hydrogens (tertiary/aromatic N) is 3. The van der Waals surface area contributed by atoms with Crippen molar-refractivity contribution in [2.24, 2.45) is 0 Å². The van der Waals surface area contributed by atoms with E-state index in [4.69, 9.17) is 4.74 Å². The number of hydrogen-bond donors (Lipinski definition) is 2. The highest BCUT2D eigenvalue weighted by molar-refractivity contribution is 7.99. The average molecular weight is 439 g/mol. The third kappa shape index (κ3) is 4.91. The molecule has 31 heavy (non-hydrogen) atoms. The molecule has 2 N–H and O–H groups in total. The Bertz CT molecular complexity index is 1080. The lowest BCUT2D eigenvalue weighted by molar-refractivity contribution is -0.119. The highest BCUT2D eigenvalue weighted by Crippen LogP contribution is 2.33. The molecule has 1 aromatic heterocycles. The first-order chi connectivity index (χ1) is 15.0. The predicted octanol–water partition coefficient (Wildman–Crippen LogP) is 3.64. The second-order valence-corrected chi connectivity index (χ2v) is 8.62. The number of amides is 1. The monoisotopic (exact) mass is 438 g/mol. The van der Waals surface area contributed by atoms with Crippen molar-refractivity contribution in [3.05, 3.63) is 53.6 Å². The summed E-state index contributed by atoms with van der Waals surface area (Å²) in [5.41, 5.74) is 3.71. The first kappa shape index (κ1) is 21.4. The zero-order valence-electron chi connectivity index (χ0n) is 17.7. The molecule has 1 amide bonds. The number of phenols is 1. The topological polar surface area (TPSA) is 89.3 Å². The first-order valence-corrected chi connectivity index (χ1v) is 11.3. The molecule has 0 unspecified atom stereocenters. The average Bonchev–Trinajstić information content (AvgIpc) is 3.41. The molecule has 1 aliphatic heterocycles. The number of aromatic nitrogens is 3. The summed E-state index contributed by atoms with van der Waals surface area (Å²) >= 11 is 1.32. The van der Waals surface area contributed by atoms with Gasteiger partial charge in [-0.25, -0.2) is 0 Å². The maximum absolute atomic E-state index is 12.4. The van der Waals surface area contributed by atoms with Crippen LogP contribution in [-0.4, -0.2) is 50.8 Å². The predicted molar refractivity (Wildman–Crippen MR) is 121 cm³/mol. The number of carbonyl (C=O) groups excluding carboxylic acids is 1. The highest BCUT2D eigenvalue weighted by atomic mass is 32.2. The van der Waals surface area contributed by atoms with Gasteiger partial charge in [0.2, 0.25) is 5.91 Å². The molecule has 2 aromatic carbocycles. The van der Waals surface area contributed by atoms with Crippen molar-refractivity contribution in [1.82, 2.24) is 20.1 Å². The molecule has 0 spiro atoms. The summed E-state index contributed by atoms with van der Waals surface area (Å²) in [6.45, 7) is 5.37. The van der Waals surface area contributed by atoms with E-state index in [0.717, 1.165) is 36.3 Å². The van der Waals surface area contributed by atoms with E-state index in [1.54, 1.807) is 12.1 Å². The van der Waals surface area contributed by atoms with Crippen LogP contribution in [0.1, 0.15) is 24.0 Å². The van der Waals surface area contributed by atoms with E-state index >= 15 is 0 Å². The number of rotatable bonds is 7. The van der Waals surface area contributed by atoms with Crippen molar-refractivity contribution in [1.29, 1.82) is 0 Å². The van der Waals surface area contributed by atoms with Gasteiger partial charge in [-0.15, -0.1) is 10.2 Å². The van der Waals surface area contributed by atoms with Crippen molar-refractivity contribution < 1.29 is 14.6 Å². The summed E-state index contributed by atoms with van der Waals surface area (Å²) in [5, 5.41) is 22.6. The van der Waals surface area contributed by atoms with E-state index in [-0.39, 0.29) is 23.5 Å². The van der Waals surface area contributed by atoms with E-state index in [2.05, 4.69) is 21.6 Å². The number of para-hydroxylation sites is 1. The molecule has 1 saturated heterocycles. The number of benzene rings is 2. The smallest absolute Gasteiger partial charge is 0.230 e. The molecule has 3 aromatic rings. The van der Waals surface area contributed by atoms with Crippen LogP contribution in [0.5, 0.6) is 5.75 Å². The Balaban J connectivity index is 1.60. The second-order valence-electron chi connectivity index (χ2n) is 7.68. The van der Waals surface area contributed by atoms with Gasteiger partial charge in [-0.05, 0) is 50.5 Å². The van der Waals surface area contributed by atoms with Crippen LogP contribution < -0.4 is 5.32 Å². The Morgan fingerprint density at radius 1 is 1.26 bits per heavy atom. The van der Waals surface area contributed by atoms with E-state index in [1.807, 2.05) is 42.7 Å². The summed E-state index contributed by atoms with van der Waals surface area (Å²) in [5.74, 6) is 0.815. The third-order valence-electron chi connectivity index (χ3n) is 5.25. The zero-order chi connectivity index (χ0) is 21.8. The van der Waals surface area contributed by atoms with Crippen LogP contribution in [0.2, 0.25) is 0 Å². The van der Waals surface area contributed by atoms with Gasteiger partial charge in [-0.3, -0.25) is 9.36 Å². The lowest BCUT2D eigenvalue weighted by Crippen LogP contribution is -2.32. The molecule has 162 valence electrons. The van der Waals surface area contributed by atoms with Crippen molar-refractivity contribution in [3.8, 4) is 22.8 Å². The fraction of sp³-hybridized carbons (Fsp3) is 0.348. The maximum Gasteiger partial charge on any atom is 0.230 e. The van der Waals surface area contributed by atoms with Crippen molar-refractivity contribution in [2.75, 3.05) is 18.9 Å². The molecule has 0 bridgehead atoms. The number of phenolic OH excluding ortho intramolecular Hbond substituents is 1. The minimum atomic E-state index is -0.0696. The van der Waals surface area contributed by atoms with Gasteiger partial charge in [-0.2, -0.15) is 0 Å². The molecule has 8 heteroatoms. The number of ether oxygens (including phenoxy) is 1. The molecule has 7 nitrogen and oxygen atoms in total. The zero-order valence-corrected chi connectivity index (χ0v) is 18.5. The molecule has 1 aliphatic rings.